The van der Waals surface area contributed by atoms with Gasteiger partial charge in [-0.2, -0.15) is 0 Å². The average Bonchev–Trinajstić information content (AvgIpc) is 3.05. The molecule has 6 nitrogen and oxygen atoms in total. The van der Waals surface area contributed by atoms with Crippen molar-refractivity contribution in [3.63, 3.8) is 0 Å². The molecule has 0 saturated carbocycles. The molecule has 0 bridgehead atoms. The SMILES string of the molecule is F[P-](F)(F)(F)(F)F.F[P-](F)(F)(F)(F)F.[Fe+2].c1ccc(-c2ccccn2)nc1.c1ccc(-c2ccccn2)nc1.c1ccc(-c2ccccn2)nc1. The number of nitrogens with zero attached hydrogens (tertiary/aromatic N) is 6. The molecular weight excluding hydrogens is 790 g/mol. The standard InChI is InChI=1S/3C10H8N2.2F6P.Fe/c3*1-3-7-11-9(5-1)10-6-2-4-8-12-10;2*1-7(2,3,4,5)6;/h3*1-8H;;;/q;;;2*-1;+2. The Labute approximate surface area is 293 Å². The molecule has 0 N–H and O–H groups in total. The van der Waals surface area contributed by atoms with Crippen molar-refractivity contribution in [1.82, 2.24) is 29.9 Å². The first-order chi connectivity index (χ1) is 22.8. The molecule has 0 saturated heterocycles. The summed E-state index contributed by atoms with van der Waals surface area (Å²) in [6.45, 7) is 0. The van der Waals surface area contributed by atoms with Gasteiger partial charge >= 0.3 is 83.0 Å². The maximum Gasteiger partial charge on any atom is 2.00 e. The van der Waals surface area contributed by atoms with Crippen LogP contribution >= 0.6 is 15.6 Å². The molecule has 0 spiro atoms. The minimum atomic E-state index is -10.7. The van der Waals surface area contributed by atoms with Gasteiger partial charge in [0.05, 0.1) is 34.2 Å². The molecule has 0 atom stereocenters. The van der Waals surface area contributed by atoms with Gasteiger partial charge in [0, 0.05) is 37.2 Å². The van der Waals surface area contributed by atoms with E-state index >= 15 is 0 Å². The molecule has 6 aromatic heterocycles. The van der Waals surface area contributed by atoms with Crippen molar-refractivity contribution in [3.05, 3.63) is 146 Å². The van der Waals surface area contributed by atoms with Crippen LogP contribution in [0.1, 0.15) is 0 Å². The minimum Gasteiger partial charge on any atom is -0.255 e. The first-order valence-corrected chi connectivity index (χ1v) is 17.5. The first kappa shape index (κ1) is 44.5. The molecule has 0 radical (unpaired) electrons. The third kappa shape index (κ3) is 27.9. The summed E-state index contributed by atoms with van der Waals surface area (Å²) in [6, 6.07) is 34.8. The molecule has 6 heterocycles. The Balaban J connectivity index is 0.000000325. The Hall–Kier alpha value is -4.56. The second-order valence-electron chi connectivity index (χ2n) is 9.21. The van der Waals surface area contributed by atoms with Crippen LogP contribution in [-0.2, 0) is 17.1 Å². The number of rotatable bonds is 3. The van der Waals surface area contributed by atoms with E-state index in [1.165, 1.54) is 0 Å². The zero-order chi connectivity index (χ0) is 37.5. The van der Waals surface area contributed by atoms with Crippen molar-refractivity contribution in [2.24, 2.45) is 0 Å². The number of halogens is 12. The number of hydrogen-bond donors (Lipinski definition) is 0. The fourth-order valence-electron chi connectivity index (χ4n) is 3.09. The van der Waals surface area contributed by atoms with Crippen LogP contribution in [0, 0.1) is 0 Å². The minimum absolute atomic E-state index is 0. The van der Waals surface area contributed by atoms with Crippen molar-refractivity contribution in [3.8, 4) is 34.2 Å². The van der Waals surface area contributed by atoms with Gasteiger partial charge in [-0.1, -0.05) is 36.4 Å². The van der Waals surface area contributed by atoms with Gasteiger partial charge in [-0.15, -0.1) is 0 Å². The van der Waals surface area contributed by atoms with Crippen LogP contribution in [0.2, 0.25) is 0 Å². The predicted molar refractivity (Wildman–Crippen MR) is 170 cm³/mol. The predicted octanol–water partition coefficient (Wildman–Crippen LogP) is 13.2. The van der Waals surface area contributed by atoms with E-state index in [0.29, 0.717) is 0 Å². The topological polar surface area (TPSA) is 77.3 Å². The Morgan fingerprint density at radius 2 is 0.373 bits per heavy atom. The zero-order valence-corrected chi connectivity index (χ0v) is 28.2. The molecule has 0 unspecified atom stereocenters. The molecule has 0 amide bonds. The molecule has 0 fully saturated rings. The normalized spacial score (nSPS) is 13.2. The zero-order valence-electron chi connectivity index (χ0n) is 25.3. The van der Waals surface area contributed by atoms with Crippen LogP contribution in [-0.4, -0.2) is 29.9 Å². The Bertz CT molecular complexity index is 1510. The summed E-state index contributed by atoms with van der Waals surface area (Å²) in [5.41, 5.74) is 5.49. The van der Waals surface area contributed by atoms with Crippen molar-refractivity contribution in [1.29, 1.82) is 0 Å². The summed E-state index contributed by atoms with van der Waals surface area (Å²) >= 11 is 0. The van der Waals surface area contributed by atoms with Crippen LogP contribution in [0.5, 0.6) is 0 Å². The second kappa shape index (κ2) is 16.6. The van der Waals surface area contributed by atoms with Crippen molar-refractivity contribution in [2.45, 2.75) is 0 Å². The fraction of sp³-hybridized carbons (Fsp3) is 0. The number of hydrogen-bond acceptors (Lipinski definition) is 6. The summed E-state index contributed by atoms with van der Waals surface area (Å²) in [4.78, 5) is 25.1. The Kier molecular flexibility index (Phi) is 14.5. The van der Waals surface area contributed by atoms with Crippen LogP contribution in [0.15, 0.2) is 146 Å². The fourth-order valence-corrected chi connectivity index (χ4v) is 3.09. The van der Waals surface area contributed by atoms with Gasteiger partial charge in [0.25, 0.3) is 0 Å². The van der Waals surface area contributed by atoms with Crippen molar-refractivity contribution < 1.29 is 67.4 Å². The molecule has 0 aromatic carbocycles. The number of pyridine rings is 6. The largest absolute Gasteiger partial charge is 2.00 e. The molecule has 0 aliphatic carbocycles. The van der Waals surface area contributed by atoms with Crippen LogP contribution < -0.4 is 0 Å². The van der Waals surface area contributed by atoms with Gasteiger partial charge in [-0.25, -0.2) is 0 Å². The van der Waals surface area contributed by atoms with Gasteiger partial charge in [0.15, 0.2) is 0 Å². The summed E-state index contributed by atoms with van der Waals surface area (Å²) in [7, 11) is -21.3. The third-order valence-electron chi connectivity index (χ3n) is 4.78. The summed E-state index contributed by atoms with van der Waals surface area (Å²) in [6.07, 6.45) is 10.6. The van der Waals surface area contributed by atoms with Crippen molar-refractivity contribution >= 4 is 15.6 Å². The van der Waals surface area contributed by atoms with E-state index < -0.39 is 15.6 Å². The van der Waals surface area contributed by atoms with Crippen molar-refractivity contribution in [2.75, 3.05) is 0 Å². The van der Waals surface area contributed by atoms with Gasteiger partial charge in [-0.05, 0) is 72.8 Å². The molecule has 6 aromatic rings. The second-order valence-corrected chi connectivity index (χ2v) is 13.0. The maximum atomic E-state index is 9.87. The summed E-state index contributed by atoms with van der Waals surface area (Å²) in [5.74, 6) is 0. The molecular formula is C30H24F12FeN6P2. The van der Waals surface area contributed by atoms with Gasteiger partial charge in [-0.3, -0.25) is 29.9 Å². The molecule has 6 rings (SSSR count). The van der Waals surface area contributed by atoms with Gasteiger partial charge in [0.1, 0.15) is 0 Å². The molecule has 276 valence electrons. The summed E-state index contributed by atoms with van der Waals surface area (Å²) in [5, 5.41) is 0. The molecule has 51 heavy (non-hydrogen) atoms. The maximum absolute atomic E-state index is 10.7. The number of aromatic nitrogens is 6. The van der Waals surface area contributed by atoms with Crippen LogP contribution in [0.3, 0.4) is 0 Å². The summed E-state index contributed by atoms with van der Waals surface area (Å²) < 4.78 is 118. The van der Waals surface area contributed by atoms with E-state index in [4.69, 9.17) is 0 Å². The van der Waals surface area contributed by atoms with E-state index in [-0.39, 0.29) is 17.1 Å². The Morgan fingerprint density at radius 3 is 0.451 bits per heavy atom. The van der Waals surface area contributed by atoms with Crippen LogP contribution in [0.25, 0.3) is 34.2 Å². The third-order valence-corrected chi connectivity index (χ3v) is 4.78. The van der Waals surface area contributed by atoms with Crippen LogP contribution in [0.4, 0.5) is 50.4 Å². The smallest absolute Gasteiger partial charge is 0.255 e. The molecule has 21 heteroatoms. The molecule has 0 aliphatic rings. The van der Waals surface area contributed by atoms with E-state index in [2.05, 4.69) is 29.9 Å². The quantitative estimate of drug-likeness (QED) is 0.101. The monoisotopic (exact) mass is 814 g/mol. The van der Waals surface area contributed by atoms with E-state index in [9.17, 15) is 50.4 Å². The molecule has 0 aliphatic heterocycles. The van der Waals surface area contributed by atoms with Gasteiger partial charge in [0.2, 0.25) is 0 Å². The first-order valence-electron chi connectivity index (χ1n) is 13.4. The van der Waals surface area contributed by atoms with E-state index in [1.807, 2.05) is 109 Å². The average molecular weight is 814 g/mol. The van der Waals surface area contributed by atoms with E-state index in [1.54, 1.807) is 37.2 Å². The van der Waals surface area contributed by atoms with Gasteiger partial charge < -0.3 is 0 Å². The van der Waals surface area contributed by atoms with E-state index in [0.717, 1.165) is 34.2 Å². The Morgan fingerprint density at radius 1 is 0.255 bits per heavy atom.